The summed E-state index contributed by atoms with van der Waals surface area (Å²) in [6.07, 6.45) is 6.37. The van der Waals surface area contributed by atoms with Crippen LogP contribution in [-0.2, 0) is 0 Å². The summed E-state index contributed by atoms with van der Waals surface area (Å²) in [4.78, 5) is 0. The Balaban J connectivity index is 1.86. The molecule has 1 fully saturated rings. The second kappa shape index (κ2) is 6.91. The molecule has 118 valence electrons. The Morgan fingerprint density at radius 2 is 1.90 bits per heavy atom. The highest BCUT2D eigenvalue weighted by Gasteiger charge is 2.32. The van der Waals surface area contributed by atoms with E-state index in [1.54, 1.807) is 12.1 Å². The van der Waals surface area contributed by atoms with Crippen molar-refractivity contribution < 1.29 is 4.39 Å². The molecule has 0 aliphatic heterocycles. The van der Waals surface area contributed by atoms with Crippen molar-refractivity contribution in [2.45, 2.75) is 71.9 Å². The van der Waals surface area contributed by atoms with Gasteiger partial charge in [0.2, 0.25) is 0 Å². The predicted molar refractivity (Wildman–Crippen MR) is 87.8 cm³/mol. The Morgan fingerprint density at radius 3 is 2.48 bits per heavy atom. The van der Waals surface area contributed by atoms with Gasteiger partial charge < -0.3 is 5.32 Å². The summed E-state index contributed by atoms with van der Waals surface area (Å²) in [5, 5.41) is 3.69. The fourth-order valence-electron chi connectivity index (χ4n) is 3.56. The third kappa shape index (κ3) is 4.29. The molecule has 21 heavy (non-hydrogen) atoms. The average molecular weight is 291 g/mol. The minimum atomic E-state index is -0.144. The number of halogens is 1. The van der Waals surface area contributed by atoms with E-state index >= 15 is 0 Å². The molecule has 0 saturated heterocycles. The van der Waals surface area contributed by atoms with Crippen LogP contribution in [0.1, 0.15) is 71.4 Å². The molecule has 1 nitrogen and oxygen atoms in total. The summed E-state index contributed by atoms with van der Waals surface area (Å²) in [6, 6.07) is 7.75. The molecule has 1 N–H and O–H groups in total. The number of rotatable bonds is 5. The van der Waals surface area contributed by atoms with Gasteiger partial charge in [0.15, 0.2) is 0 Å². The molecule has 2 heteroatoms. The fraction of sp³-hybridized carbons (Fsp3) is 0.684. The minimum absolute atomic E-state index is 0.144. The molecule has 0 aromatic heterocycles. The molecule has 1 saturated carbocycles. The molecule has 0 unspecified atom stereocenters. The van der Waals surface area contributed by atoms with Crippen molar-refractivity contribution >= 4 is 0 Å². The van der Waals surface area contributed by atoms with Gasteiger partial charge in [-0.05, 0) is 61.6 Å². The van der Waals surface area contributed by atoms with E-state index in [0.717, 1.165) is 11.5 Å². The molecule has 0 heterocycles. The number of benzene rings is 1. The van der Waals surface area contributed by atoms with Crippen LogP contribution in [0.5, 0.6) is 0 Å². The third-order valence-electron chi connectivity index (χ3n) is 5.58. The smallest absolute Gasteiger partial charge is 0.123 e. The van der Waals surface area contributed by atoms with Gasteiger partial charge in [-0.25, -0.2) is 4.39 Å². The van der Waals surface area contributed by atoms with Crippen molar-refractivity contribution in [3.63, 3.8) is 0 Å². The van der Waals surface area contributed by atoms with Crippen molar-refractivity contribution in [1.82, 2.24) is 5.32 Å². The van der Waals surface area contributed by atoms with Crippen molar-refractivity contribution in [3.05, 3.63) is 35.6 Å². The lowest BCUT2D eigenvalue weighted by molar-refractivity contribution is 0.134. The lowest BCUT2D eigenvalue weighted by Crippen LogP contribution is -2.38. The number of nitrogens with one attached hydrogen (secondary N) is 1. The average Bonchev–Trinajstić information content (AvgIpc) is 2.48. The molecule has 1 aromatic rings. The quantitative estimate of drug-likeness (QED) is 0.758. The van der Waals surface area contributed by atoms with E-state index in [1.165, 1.54) is 38.2 Å². The van der Waals surface area contributed by atoms with E-state index in [0.29, 0.717) is 11.5 Å². The van der Waals surface area contributed by atoms with Crippen molar-refractivity contribution in [2.75, 3.05) is 0 Å². The highest BCUT2D eigenvalue weighted by Crippen LogP contribution is 2.40. The minimum Gasteiger partial charge on any atom is -0.307 e. The standard InChI is InChI=1S/C19H30FN/c1-5-19(3,4)16-9-11-18(12-10-16)21-14(2)15-7-6-8-17(20)13-15/h6-8,13-14,16,18,21H,5,9-12H2,1-4H3/t14-,16?,18?/m1/s1. The second-order valence-electron chi connectivity index (χ2n) is 7.33. The molecule has 1 aliphatic carbocycles. The van der Waals surface area contributed by atoms with Gasteiger partial charge in [0.05, 0.1) is 0 Å². The zero-order chi connectivity index (χ0) is 15.5. The summed E-state index contributed by atoms with van der Waals surface area (Å²) in [5.74, 6) is 0.708. The van der Waals surface area contributed by atoms with E-state index in [-0.39, 0.29) is 11.9 Å². The van der Waals surface area contributed by atoms with Crippen LogP contribution in [0, 0.1) is 17.2 Å². The van der Waals surface area contributed by atoms with Crippen LogP contribution in [0.3, 0.4) is 0 Å². The van der Waals surface area contributed by atoms with E-state index in [4.69, 9.17) is 0 Å². The van der Waals surface area contributed by atoms with Crippen molar-refractivity contribution in [3.8, 4) is 0 Å². The highest BCUT2D eigenvalue weighted by molar-refractivity contribution is 5.19. The Labute approximate surface area is 129 Å². The molecule has 1 atom stereocenters. The van der Waals surface area contributed by atoms with Gasteiger partial charge in [-0.15, -0.1) is 0 Å². The van der Waals surface area contributed by atoms with E-state index in [9.17, 15) is 4.39 Å². The maximum Gasteiger partial charge on any atom is 0.123 e. The zero-order valence-corrected chi connectivity index (χ0v) is 14.0. The molecule has 1 aliphatic rings. The number of hydrogen-bond donors (Lipinski definition) is 1. The molecule has 0 amide bonds. The zero-order valence-electron chi connectivity index (χ0n) is 14.0. The molecular weight excluding hydrogens is 261 g/mol. The maximum absolute atomic E-state index is 13.3. The first-order chi connectivity index (χ1) is 9.92. The first-order valence-electron chi connectivity index (χ1n) is 8.44. The summed E-state index contributed by atoms with van der Waals surface area (Å²) >= 11 is 0. The highest BCUT2D eigenvalue weighted by atomic mass is 19.1. The van der Waals surface area contributed by atoms with Crippen molar-refractivity contribution in [1.29, 1.82) is 0 Å². The lowest BCUT2D eigenvalue weighted by Gasteiger charge is -2.39. The monoisotopic (exact) mass is 291 g/mol. The van der Waals surface area contributed by atoms with Crippen LogP contribution < -0.4 is 5.32 Å². The Bertz CT molecular complexity index is 447. The van der Waals surface area contributed by atoms with Gasteiger partial charge in [-0.2, -0.15) is 0 Å². The normalized spacial score (nSPS) is 24.8. The topological polar surface area (TPSA) is 12.0 Å². The SMILES string of the molecule is CCC(C)(C)C1CCC(N[C@H](C)c2cccc(F)c2)CC1. The molecular formula is C19H30FN. The summed E-state index contributed by atoms with van der Waals surface area (Å²) in [6.45, 7) is 9.24. The molecule has 1 aromatic carbocycles. The molecule has 0 radical (unpaired) electrons. The maximum atomic E-state index is 13.3. The lowest BCUT2D eigenvalue weighted by atomic mass is 9.69. The van der Waals surface area contributed by atoms with Crippen molar-refractivity contribution in [2.24, 2.45) is 11.3 Å². The van der Waals surface area contributed by atoms with Gasteiger partial charge >= 0.3 is 0 Å². The van der Waals surface area contributed by atoms with Crippen LogP contribution in [0.15, 0.2) is 24.3 Å². The van der Waals surface area contributed by atoms with Gasteiger partial charge in [0.25, 0.3) is 0 Å². The molecule has 0 bridgehead atoms. The van der Waals surface area contributed by atoms with Gasteiger partial charge in [0, 0.05) is 12.1 Å². The predicted octanol–water partition coefficient (Wildman–Crippen LogP) is 5.47. The van der Waals surface area contributed by atoms with Crippen LogP contribution >= 0.6 is 0 Å². The molecule has 0 spiro atoms. The van der Waals surface area contributed by atoms with Crippen LogP contribution in [0.2, 0.25) is 0 Å². The summed E-state index contributed by atoms with van der Waals surface area (Å²) in [5.41, 5.74) is 1.52. The van der Waals surface area contributed by atoms with Gasteiger partial charge in [-0.3, -0.25) is 0 Å². The summed E-state index contributed by atoms with van der Waals surface area (Å²) < 4.78 is 13.3. The Morgan fingerprint density at radius 1 is 1.24 bits per heavy atom. The van der Waals surface area contributed by atoms with Gasteiger partial charge in [0.1, 0.15) is 5.82 Å². The van der Waals surface area contributed by atoms with Crippen LogP contribution in [-0.4, -0.2) is 6.04 Å². The van der Waals surface area contributed by atoms with E-state index in [2.05, 4.69) is 33.0 Å². The second-order valence-corrected chi connectivity index (χ2v) is 7.33. The first kappa shape index (κ1) is 16.5. The first-order valence-corrected chi connectivity index (χ1v) is 8.44. The fourth-order valence-corrected chi connectivity index (χ4v) is 3.56. The third-order valence-corrected chi connectivity index (χ3v) is 5.58. The Hall–Kier alpha value is -0.890. The van der Waals surface area contributed by atoms with Gasteiger partial charge in [-0.1, -0.05) is 39.3 Å². The van der Waals surface area contributed by atoms with Crippen LogP contribution in [0.4, 0.5) is 4.39 Å². The summed E-state index contributed by atoms with van der Waals surface area (Å²) in [7, 11) is 0. The van der Waals surface area contributed by atoms with E-state index < -0.39 is 0 Å². The largest absolute Gasteiger partial charge is 0.307 e. The van der Waals surface area contributed by atoms with E-state index in [1.807, 2.05) is 6.07 Å². The van der Waals surface area contributed by atoms with Crippen LogP contribution in [0.25, 0.3) is 0 Å². The number of hydrogen-bond acceptors (Lipinski definition) is 1. The Kier molecular flexibility index (Phi) is 5.43. The molecule has 2 rings (SSSR count).